The van der Waals surface area contributed by atoms with Gasteiger partial charge in [-0.3, -0.25) is 0 Å². The number of ether oxygens (including phenoxy) is 1. The maximum atomic E-state index is 6.12. The Bertz CT molecular complexity index is 593. The van der Waals surface area contributed by atoms with E-state index >= 15 is 0 Å². The zero-order chi connectivity index (χ0) is 14.2. The highest BCUT2D eigenvalue weighted by Gasteiger charge is 2.18. The quantitative estimate of drug-likeness (QED) is 0.868. The van der Waals surface area contributed by atoms with E-state index in [0.29, 0.717) is 0 Å². The number of nitrogen functional groups attached to an aromatic ring is 1. The predicted molar refractivity (Wildman–Crippen MR) is 84.2 cm³/mol. The van der Waals surface area contributed by atoms with E-state index in [2.05, 4.69) is 45.9 Å². The van der Waals surface area contributed by atoms with Crippen LogP contribution in [0.2, 0.25) is 0 Å². The Morgan fingerprint density at radius 2 is 1.79 bits per heavy atom. The molecule has 0 saturated carbocycles. The molecular weight excluding hydrogens is 254 g/mol. The minimum absolute atomic E-state index is 0.112. The Labute approximate surface area is 119 Å². The Morgan fingerprint density at radius 3 is 2.26 bits per heavy atom. The summed E-state index contributed by atoms with van der Waals surface area (Å²) in [5.41, 5.74) is 9.67. The molecule has 2 aromatic rings. The Hall–Kier alpha value is -1.48. The second-order valence-electron chi connectivity index (χ2n) is 5.80. The third kappa shape index (κ3) is 2.76. The summed E-state index contributed by atoms with van der Waals surface area (Å²) in [6.45, 7) is 8.70. The lowest BCUT2D eigenvalue weighted by atomic mass is 9.85. The number of anilines is 1. The first-order chi connectivity index (χ1) is 8.82. The molecule has 0 atom stereocenters. The van der Waals surface area contributed by atoms with E-state index in [1.807, 2.05) is 6.07 Å². The van der Waals surface area contributed by atoms with Crippen LogP contribution in [0.25, 0.3) is 11.1 Å². The summed E-state index contributed by atoms with van der Waals surface area (Å²) >= 11 is 1.62. The van der Waals surface area contributed by atoms with E-state index in [0.717, 1.165) is 21.9 Å². The molecule has 2 nitrogen and oxygen atoms in total. The van der Waals surface area contributed by atoms with Crippen LogP contribution in [0.3, 0.4) is 0 Å². The maximum absolute atomic E-state index is 6.12. The van der Waals surface area contributed by atoms with Gasteiger partial charge in [0.2, 0.25) is 0 Å². The van der Waals surface area contributed by atoms with Gasteiger partial charge in [-0.2, -0.15) is 0 Å². The summed E-state index contributed by atoms with van der Waals surface area (Å²) < 4.78 is 5.48. The minimum Gasteiger partial charge on any atom is -0.496 e. The van der Waals surface area contributed by atoms with E-state index in [1.54, 1.807) is 18.4 Å². The van der Waals surface area contributed by atoms with Gasteiger partial charge in [-0.15, -0.1) is 11.3 Å². The first-order valence-corrected chi connectivity index (χ1v) is 7.19. The van der Waals surface area contributed by atoms with Crippen molar-refractivity contribution < 1.29 is 4.74 Å². The Morgan fingerprint density at radius 1 is 1.11 bits per heavy atom. The highest BCUT2D eigenvalue weighted by Crippen LogP contribution is 2.40. The Balaban J connectivity index is 2.63. The second-order valence-corrected chi connectivity index (χ2v) is 7.09. The van der Waals surface area contributed by atoms with Crippen LogP contribution in [0.5, 0.6) is 5.75 Å². The Kier molecular flexibility index (Phi) is 3.59. The molecule has 0 aliphatic rings. The molecule has 0 fully saturated rings. The molecule has 2 rings (SSSR count). The molecule has 0 saturated heterocycles. The second kappa shape index (κ2) is 4.89. The van der Waals surface area contributed by atoms with E-state index in [1.165, 1.54) is 10.4 Å². The molecule has 1 aromatic carbocycles. The molecule has 19 heavy (non-hydrogen) atoms. The zero-order valence-corrected chi connectivity index (χ0v) is 13.0. The molecule has 0 aliphatic heterocycles. The number of nitrogens with two attached hydrogens (primary N) is 1. The lowest BCUT2D eigenvalue weighted by molar-refractivity contribution is 0.416. The van der Waals surface area contributed by atoms with Gasteiger partial charge >= 0.3 is 0 Å². The average Bonchev–Trinajstić information content (AvgIpc) is 2.66. The normalized spacial score (nSPS) is 11.6. The number of benzene rings is 1. The summed E-state index contributed by atoms with van der Waals surface area (Å²) in [6.07, 6.45) is 0. The van der Waals surface area contributed by atoms with Crippen LogP contribution >= 0.6 is 11.3 Å². The molecule has 0 spiro atoms. The van der Waals surface area contributed by atoms with Crippen LogP contribution in [0.15, 0.2) is 24.3 Å². The van der Waals surface area contributed by atoms with E-state index in [9.17, 15) is 0 Å². The number of hydrogen-bond acceptors (Lipinski definition) is 3. The molecule has 102 valence electrons. The van der Waals surface area contributed by atoms with Gasteiger partial charge in [-0.05, 0) is 36.1 Å². The number of thiophene rings is 1. The standard InChI is InChI=1S/C16H21NOS/c1-10-8-13(15(17)19-10)12-9-11(16(2,3)4)6-7-14(12)18-5/h6-9H,17H2,1-5H3. The smallest absolute Gasteiger partial charge is 0.126 e. The third-order valence-corrected chi connectivity index (χ3v) is 4.12. The van der Waals surface area contributed by atoms with Crippen molar-refractivity contribution in [2.45, 2.75) is 33.1 Å². The van der Waals surface area contributed by atoms with Crippen molar-refractivity contribution in [1.29, 1.82) is 0 Å². The van der Waals surface area contributed by atoms with Gasteiger partial charge in [0, 0.05) is 16.0 Å². The molecule has 3 heteroatoms. The van der Waals surface area contributed by atoms with Crippen molar-refractivity contribution in [3.8, 4) is 16.9 Å². The molecular formula is C16H21NOS. The van der Waals surface area contributed by atoms with Crippen molar-refractivity contribution >= 4 is 16.3 Å². The van der Waals surface area contributed by atoms with Gasteiger partial charge < -0.3 is 10.5 Å². The van der Waals surface area contributed by atoms with Crippen LogP contribution in [0.1, 0.15) is 31.2 Å². The molecule has 0 radical (unpaired) electrons. The molecule has 2 N–H and O–H groups in total. The molecule has 0 bridgehead atoms. The van der Waals surface area contributed by atoms with E-state index < -0.39 is 0 Å². The third-order valence-electron chi connectivity index (χ3n) is 3.24. The van der Waals surface area contributed by atoms with Crippen LogP contribution in [0.4, 0.5) is 5.00 Å². The minimum atomic E-state index is 0.112. The number of aryl methyl sites for hydroxylation is 1. The zero-order valence-electron chi connectivity index (χ0n) is 12.2. The van der Waals surface area contributed by atoms with Crippen LogP contribution < -0.4 is 10.5 Å². The van der Waals surface area contributed by atoms with E-state index in [4.69, 9.17) is 10.5 Å². The van der Waals surface area contributed by atoms with Gasteiger partial charge in [0.15, 0.2) is 0 Å². The van der Waals surface area contributed by atoms with Crippen LogP contribution in [-0.4, -0.2) is 7.11 Å². The van der Waals surface area contributed by atoms with Crippen molar-refractivity contribution in [3.63, 3.8) is 0 Å². The molecule has 1 aromatic heterocycles. The first-order valence-electron chi connectivity index (χ1n) is 6.37. The fourth-order valence-electron chi connectivity index (χ4n) is 2.13. The topological polar surface area (TPSA) is 35.2 Å². The lowest BCUT2D eigenvalue weighted by Crippen LogP contribution is -2.11. The monoisotopic (exact) mass is 275 g/mol. The maximum Gasteiger partial charge on any atom is 0.126 e. The molecule has 0 amide bonds. The predicted octanol–water partition coefficient (Wildman–Crippen LogP) is 4.61. The van der Waals surface area contributed by atoms with Gasteiger partial charge in [0.05, 0.1) is 12.1 Å². The van der Waals surface area contributed by atoms with Crippen molar-refractivity contribution in [1.82, 2.24) is 0 Å². The SMILES string of the molecule is COc1ccc(C(C)(C)C)cc1-c1cc(C)sc1N. The van der Waals surface area contributed by atoms with Crippen LogP contribution in [-0.2, 0) is 5.41 Å². The fourth-order valence-corrected chi connectivity index (χ4v) is 2.93. The number of rotatable bonds is 2. The molecule has 0 aliphatic carbocycles. The first kappa shape index (κ1) is 13.9. The summed E-state index contributed by atoms with van der Waals surface area (Å²) in [5, 5.41) is 0.849. The lowest BCUT2D eigenvalue weighted by Gasteiger charge is -2.21. The van der Waals surface area contributed by atoms with Gasteiger partial charge in [-0.25, -0.2) is 0 Å². The van der Waals surface area contributed by atoms with Crippen molar-refractivity contribution in [2.24, 2.45) is 0 Å². The highest BCUT2D eigenvalue weighted by atomic mass is 32.1. The van der Waals surface area contributed by atoms with E-state index in [-0.39, 0.29) is 5.41 Å². The highest BCUT2D eigenvalue weighted by molar-refractivity contribution is 7.16. The summed E-state index contributed by atoms with van der Waals surface area (Å²) in [4.78, 5) is 1.22. The van der Waals surface area contributed by atoms with Crippen molar-refractivity contribution in [2.75, 3.05) is 12.8 Å². The average molecular weight is 275 g/mol. The fraction of sp³-hybridized carbons (Fsp3) is 0.375. The molecule has 1 heterocycles. The van der Waals surface area contributed by atoms with Gasteiger partial charge in [-0.1, -0.05) is 26.8 Å². The van der Waals surface area contributed by atoms with Crippen molar-refractivity contribution in [3.05, 3.63) is 34.7 Å². The summed E-state index contributed by atoms with van der Waals surface area (Å²) in [5.74, 6) is 0.873. The van der Waals surface area contributed by atoms with Crippen LogP contribution in [0, 0.1) is 6.92 Å². The van der Waals surface area contributed by atoms with Gasteiger partial charge in [0.25, 0.3) is 0 Å². The number of methoxy groups -OCH3 is 1. The summed E-state index contributed by atoms with van der Waals surface area (Å²) in [6, 6.07) is 8.47. The number of hydrogen-bond donors (Lipinski definition) is 1. The summed E-state index contributed by atoms with van der Waals surface area (Å²) in [7, 11) is 1.70. The molecule has 0 unspecified atom stereocenters. The van der Waals surface area contributed by atoms with Gasteiger partial charge in [0.1, 0.15) is 5.75 Å². The largest absolute Gasteiger partial charge is 0.496 e.